The normalized spacial score (nSPS) is 13.3. The zero-order valence-corrected chi connectivity index (χ0v) is 11.3. The van der Waals surface area contributed by atoms with Crippen LogP contribution in [0.15, 0.2) is 30.3 Å². The Bertz CT molecular complexity index is 442. The predicted octanol–water partition coefficient (Wildman–Crippen LogP) is 1.51. The quantitative estimate of drug-likeness (QED) is 0.762. The smallest absolute Gasteiger partial charge is 0.323 e. The van der Waals surface area contributed by atoms with Crippen LogP contribution in [-0.4, -0.2) is 47.7 Å². The zero-order chi connectivity index (χ0) is 14.6. The average Bonchev–Trinajstić information content (AvgIpc) is 2.35. The van der Waals surface area contributed by atoms with Gasteiger partial charge < -0.3 is 15.1 Å². The van der Waals surface area contributed by atoms with Crippen molar-refractivity contribution in [3.05, 3.63) is 35.9 Å². The Hall–Kier alpha value is -1.88. The second-order valence-corrected chi connectivity index (χ2v) is 4.95. The molecular weight excluding hydrogens is 246 g/mol. The van der Waals surface area contributed by atoms with Gasteiger partial charge >= 0.3 is 11.9 Å². The minimum Gasteiger partial charge on any atom is -0.480 e. The van der Waals surface area contributed by atoms with E-state index in [1.807, 2.05) is 6.07 Å². The summed E-state index contributed by atoms with van der Waals surface area (Å²) < 4.78 is 0. The lowest BCUT2D eigenvalue weighted by molar-refractivity contribution is -0.167. The molecule has 5 nitrogen and oxygen atoms in total. The molecule has 0 aliphatic carbocycles. The summed E-state index contributed by atoms with van der Waals surface area (Å²) in [4.78, 5) is 24.8. The fraction of sp³-hybridized carbons (Fsp3) is 0.429. The first-order chi connectivity index (χ1) is 8.82. The van der Waals surface area contributed by atoms with E-state index in [1.165, 1.54) is 0 Å². The SMILES string of the molecule is CC(c1ccccc1)C(CN(C)C)(C(=O)O)C(=O)O. The largest absolute Gasteiger partial charge is 0.480 e. The number of carboxylic acids is 2. The van der Waals surface area contributed by atoms with Gasteiger partial charge in [-0.05, 0) is 19.7 Å². The lowest BCUT2D eigenvalue weighted by atomic mass is 9.72. The Morgan fingerprint density at radius 2 is 1.63 bits per heavy atom. The van der Waals surface area contributed by atoms with Gasteiger partial charge in [0, 0.05) is 12.5 Å². The minimum absolute atomic E-state index is 0.0618. The molecule has 0 saturated heterocycles. The van der Waals surface area contributed by atoms with Crippen LogP contribution in [0.4, 0.5) is 0 Å². The summed E-state index contributed by atoms with van der Waals surface area (Å²) in [6.07, 6.45) is 0. The van der Waals surface area contributed by atoms with Crippen LogP contribution in [-0.2, 0) is 9.59 Å². The summed E-state index contributed by atoms with van der Waals surface area (Å²) >= 11 is 0. The highest BCUT2D eigenvalue weighted by Gasteiger charge is 2.52. The summed E-state index contributed by atoms with van der Waals surface area (Å²) in [5, 5.41) is 18.9. The summed E-state index contributed by atoms with van der Waals surface area (Å²) in [6.45, 7) is 1.58. The molecule has 1 aromatic carbocycles. The Labute approximate surface area is 112 Å². The fourth-order valence-electron chi connectivity index (χ4n) is 2.26. The van der Waals surface area contributed by atoms with Gasteiger partial charge in [-0.2, -0.15) is 0 Å². The van der Waals surface area contributed by atoms with E-state index in [2.05, 4.69) is 0 Å². The van der Waals surface area contributed by atoms with E-state index in [1.54, 1.807) is 50.2 Å². The number of aliphatic carboxylic acids is 2. The van der Waals surface area contributed by atoms with Gasteiger partial charge in [-0.15, -0.1) is 0 Å². The molecule has 1 atom stereocenters. The molecule has 0 heterocycles. The topological polar surface area (TPSA) is 77.8 Å². The number of rotatable bonds is 6. The third-order valence-electron chi connectivity index (χ3n) is 3.37. The predicted molar refractivity (Wildman–Crippen MR) is 71.1 cm³/mol. The van der Waals surface area contributed by atoms with Crippen molar-refractivity contribution in [1.29, 1.82) is 0 Å². The number of carboxylic acid groups (broad SMARTS) is 2. The summed E-state index contributed by atoms with van der Waals surface area (Å²) in [6, 6.07) is 8.86. The standard InChI is InChI=1S/C14H19NO4/c1-10(11-7-5-4-6-8-11)14(12(16)17,13(18)19)9-15(2)3/h4-8,10H,9H2,1-3H3,(H,16,17)(H,18,19). The zero-order valence-electron chi connectivity index (χ0n) is 11.3. The fourth-order valence-corrected chi connectivity index (χ4v) is 2.26. The minimum atomic E-state index is -1.86. The van der Waals surface area contributed by atoms with Gasteiger partial charge in [0.15, 0.2) is 5.41 Å². The maximum Gasteiger partial charge on any atom is 0.323 e. The molecule has 0 aliphatic rings. The molecule has 1 unspecified atom stereocenters. The molecule has 0 aromatic heterocycles. The van der Waals surface area contributed by atoms with Crippen LogP contribution >= 0.6 is 0 Å². The highest BCUT2D eigenvalue weighted by molar-refractivity contribution is 5.99. The van der Waals surface area contributed by atoms with Crippen molar-refractivity contribution < 1.29 is 19.8 Å². The molecule has 0 radical (unpaired) electrons. The van der Waals surface area contributed by atoms with Crippen molar-refractivity contribution in [2.24, 2.45) is 5.41 Å². The van der Waals surface area contributed by atoms with Crippen molar-refractivity contribution in [2.75, 3.05) is 20.6 Å². The number of nitrogens with zero attached hydrogens (tertiary/aromatic N) is 1. The summed E-state index contributed by atoms with van der Waals surface area (Å²) in [5.41, 5.74) is -1.15. The first kappa shape index (κ1) is 15.2. The molecule has 104 valence electrons. The third kappa shape index (κ3) is 2.93. The second kappa shape index (κ2) is 5.84. The van der Waals surface area contributed by atoms with E-state index in [-0.39, 0.29) is 6.54 Å². The van der Waals surface area contributed by atoms with Crippen LogP contribution in [0, 0.1) is 5.41 Å². The van der Waals surface area contributed by atoms with Gasteiger partial charge in [-0.25, -0.2) is 0 Å². The first-order valence-corrected chi connectivity index (χ1v) is 5.99. The van der Waals surface area contributed by atoms with E-state index in [0.29, 0.717) is 5.56 Å². The number of benzene rings is 1. The van der Waals surface area contributed by atoms with E-state index < -0.39 is 23.3 Å². The number of carbonyl (C=O) groups is 2. The van der Waals surface area contributed by atoms with Crippen LogP contribution in [0.5, 0.6) is 0 Å². The van der Waals surface area contributed by atoms with Crippen LogP contribution in [0.2, 0.25) is 0 Å². The van der Waals surface area contributed by atoms with Crippen molar-refractivity contribution >= 4 is 11.9 Å². The maximum absolute atomic E-state index is 11.6. The highest BCUT2D eigenvalue weighted by atomic mass is 16.4. The lowest BCUT2D eigenvalue weighted by Crippen LogP contribution is -2.50. The van der Waals surface area contributed by atoms with E-state index in [4.69, 9.17) is 0 Å². The van der Waals surface area contributed by atoms with Crippen LogP contribution in [0.1, 0.15) is 18.4 Å². The Kier molecular flexibility index (Phi) is 4.67. The Morgan fingerprint density at radius 1 is 1.16 bits per heavy atom. The molecule has 5 heteroatoms. The number of hydrogen-bond donors (Lipinski definition) is 2. The molecule has 2 N–H and O–H groups in total. The van der Waals surface area contributed by atoms with Gasteiger partial charge in [0.2, 0.25) is 0 Å². The highest BCUT2D eigenvalue weighted by Crippen LogP contribution is 2.37. The Morgan fingerprint density at radius 3 is 2.00 bits per heavy atom. The summed E-state index contributed by atoms with van der Waals surface area (Å²) in [5.74, 6) is -3.26. The molecular formula is C14H19NO4. The average molecular weight is 265 g/mol. The van der Waals surface area contributed by atoms with Gasteiger partial charge in [0.25, 0.3) is 0 Å². The van der Waals surface area contributed by atoms with Crippen molar-refractivity contribution in [1.82, 2.24) is 4.90 Å². The molecule has 0 aliphatic heterocycles. The molecule has 0 amide bonds. The third-order valence-corrected chi connectivity index (χ3v) is 3.37. The van der Waals surface area contributed by atoms with Crippen LogP contribution < -0.4 is 0 Å². The van der Waals surface area contributed by atoms with Crippen molar-refractivity contribution in [3.8, 4) is 0 Å². The summed E-state index contributed by atoms with van der Waals surface area (Å²) in [7, 11) is 3.33. The Balaban J connectivity index is 3.30. The molecule has 0 saturated carbocycles. The molecule has 19 heavy (non-hydrogen) atoms. The molecule has 1 rings (SSSR count). The first-order valence-electron chi connectivity index (χ1n) is 5.99. The van der Waals surface area contributed by atoms with Gasteiger partial charge in [-0.3, -0.25) is 9.59 Å². The van der Waals surface area contributed by atoms with E-state index in [0.717, 1.165) is 0 Å². The van der Waals surface area contributed by atoms with Crippen molar-refractivity contribution in [2.45, 2.75) is 12.8 Å². The van der Waals surface area contributed by atoms with Crippen molar-refractivity contribution in [3.63, 3.8) is 0 Å². The van der Waals surface area contributed by atoms with Gasteiger partial charge in [0.1, 0.15) is 0 Å². The molecule has 0 fully saturated rings. The number of hydrogen-bond acceptors (Lipinski definition) is 3. The van der Waals surface area contributed by atoms with E-state index in [9.17, 15) is 19.8 Å². The monoisotopic (exact) mass is 265 g/mol. The van der Waals surface area contributed by atoms with E-state index >= 15 is 0 Å². The van der Waals surface area contributed by atoms with Crippen LogP contribution in [0.3, 0.4) is 0 Å². The lowest BCUT2D eigenvalue weighted by Gasteiger charge is -2.33. The maximum atomic E-state index is 11.6. The molecule has 1 aromatic rings. The second-order valence-electron chi connectivity index (χ2n) is 4.95. The molecule has 0 bridgehead atoms. The van der Waals surface area contributed by atoms with Crippen LogP contribution in [0.25, 0.3) is 0 Å². The molecule has 0 spiro atoms. The van der Waals surface area contributed by atoms with Gasteiger partial charge in [0.05, 0.1) is 0 Å². The van der Waals surface area contributed by atoms with Gasteiger partial charge in [-0.1, -0.05) is 37.3 Å².